The van der Waals surface area contributed by atoms with Gasteiger partial charge in [-0.15, -0.1) is 0 Å². The molecule has 0 unspecified atom stereocenters. The van der Waals surface area contributed by atoms with Crippen LogP contribution in [0.1, 0.15) is 0 Å². The molecule has 0 aliphatic heterocycles. The second kappa shape index (κ2) is 4.04. The molecule has 5 nitrogen and oxygen atoms in total. The first kappa shape index (κ1) is 10.2. The van der Waals surface area contributed by atoms with Gasteiger partial charge in [0, 0.05) is 13.2 Å². The third-order valence-corrected chi connectivity index (χ3v) is 2.39. The summed E-state index contributed by atoms with van der Waals surface area (Å²) in [5.41, 5.74) is 0.640. The fourth-order valence-corrected chi connectivity index (χ4v) is 1.30. The number of rotatable bonds is 2. The van der Waals surface area contributed by atoms with E-state index in [1.165, 1.54) is 4.68 Å². The second-order valence-electron chi connectivity index (χ2n) is 2.80. The van der Waals surface area contributed by atoms with Crippen molar-refractivity contribution >= 4 is 34.8 Å². The van der Waals surface area contributed by atoms with Crippen LogP contribution in [-0.2, 0) is 7.05 Å². The van der Waals surface area contributed by atoms with Crippen LogP contribution in [0, 0.1) is 0 Å². The lowest BCUT2D eigenvalue weighted by Gasteiger charge is -2.01. The molecule has 15 heavy (non-hydrogen) atoms. The summed E-state index contributed by atoms with van der Waals surface area (Å²) in [6, 6.07) is 1.59. The van der Waals surface area contributed by atoms with Gasteiger partial charge in [0.1, 0.15) is 10.3 Å². The lowest BCUT2D eigenvalue weighted by molar-refractivity contribution is 0.769. The van der Waals surface area contributed by atoms with Crippen molar-refractivity contribution in [1.82, 2.24) is 19.7 Å². The summed E-state index contributed by atoms with van der Waals surface area (Å²) < 4.78 is 1.54. The summed E-state index contributed by atoms with van der Waals surface area (Å²) in [5.74, 6) is 0.386. The lowest BCUT2D eigenvalue weighted by atomic mass is 10.5. The highest BCUT2D eigenvalue weighted by Crippen LogP contribution is 2.22. The number of hydrogen-bond donors (Lipinski definition) is 1. The minimum atomic E-state index is 0.368. The van der Waals surface area contributed by atoms with Gasteiger partial charge in [-0.3, -0.25) is 4.68 Å². The van der Waals surface area contributed by atoms with Crippen molar-refractivity contribution in [3.63, 3.8) is 0 Å². The topological polar surface area (TPSA) is 55.6 Å². The van der Waals surface area contributed by atoms with Crippen LogP contribution in [-0.4, -0.2) is 19.7 Å². The van der Waals surface area contributed by atoms with Gasteiger partial charge in [0.25, 0.3) is 0 Å². The summed E-state index contributed by atoms with van der Waals surface area (Å²) in [6.45, 7) is 0. The normalized spacial score (nSPS) is 10.3. The van der Waals surface area contributed by atoms with E-state index in [9.17, 15) is 0 Å². The average Bonchev–Trinajstić information content (AvgIpc) is 2.50. The van der Waals surface area contributed by atoms with Gasteiger partial charge in [0.2, 0.25) is 5.95 Å². The first-order valence-corrected chi connectivity index (χ1v) is 4.85. The molecule has 2 heterocycles. The van der Waals surface area contributed by atoms with E-state index >= 15 is 0 Å². The van der Waals surface area contributed by atoms with E-state index < -0.39 is 0 Å². The van der Waals surface area contributed by atoms with E-state index in [1.807, 2.05) is 0 Å². The number of nitrogens with zero attached hydrogens (tertiary/aromatic N) is 4. The van der Waals surface area contributed by atoms with Gasteiger partial charge >= 0.3 is 0 Å². The number of nitrogens with one attached hydrogen (secondary N) is 1. The second-order valence-corrected chi connectivity index (χ2v) is 3.55. The molecule has 2 rings (SSSR count). The third-order valence-electron chi connectivity index (χ3n) is 1.73. The van der Waals surface area contributed by atoms with Crippen molar-refractivity contribution in [2.24, 2.45) is 7.05 Å². The van der Waals surface area contributed by atoms with Crippen LogP contribution in [0.4, 0.5) is 11.6 Å². The molecule has 0 aliphatic rings. The summed E-state index contributed by atoms with van der Waals surface area (Å²) in [5, 5.41) is 7.73. The molecule has 0 radical (unpaired) electrons. The van der Waals surface area contributed by atoms with Crippen LogP contribution in [0.15, 0.2) is 18.5 Å². The highest BCUT2D eigenvalue weighted by Gasteiger charge is 2.06. The Kier molecular flexibility index (Phi) is 2.75. The van der Waals surface area contributed by atoms with Gasteiger partial charge in [-0.05, 0) is 6.07 Å². The molecule has 0 atom stereocenters. The molecule has 0 saturated carbocycles. The molecule has 1 N–H and O–H groups in total. The predicted octanol–water partition coefficient (Wildman–Crippen LogP) is 2.26. The Morgan fingerprint density at radius 3 is 2.80 bits per heavy atom. The molecule has 0 amide bonds. The van der Waals surface area contributed by atoms with E-state index in [0.717, 1.165) is 0 Å². The monoisotopic (exact) mass is 243 g/mol. The lowest BCUT2D eigenvalue weighted by Crippen LogP contribution is -1.96. The molecule has 2 aromatic heterocycles. The quantitative estimate of drug-likeness (QED) is 0.823. The zero-order valence-electron chi connectivity index (χ0n) is 7.78. The summed E-state index contributed by atoms with van der Waals surface area (Å²) in [7, 11) is 1.74. The van der Waals surface area contributed by atoms with Gasteiger partial charge in [-0.1, -0.05) is 23.2 Å². The molecule has 0 aliphatic carbocycles. The number of aryl methyl sites for hydroxylation is 1. The highest BCUT2D eigenvalue weighted by atomic mass is 35.5. The Labute approximate surface area is 96.1 Å². The third kappa shape index (κ3) is 2.19. The smallest absolute Gasteiger partial charge is 0.228 e. The first-order valence-electron chi connectivity index (χ1n) is 4.10. The maximum absolute atomic E-state index is 5.95. The predicted molar refractivity (Wildman–Crippen MR) is 58.5 cm³/mol. The van der Waals surface area contributed by atoms with Crippen LogP contribution >= 0.6 is 23.2 Å². The van der Waals surface area contributed by atoms with Crippen LogP contribution in [0.2, 0.25) is 10.3 Å². The molecule has 0 saturated heterocycles. The Balaban J connectivity index is 2.26. The fourth-order valence-electron chi connectivity index (χ4n) is 1.02. The summed E-state index contributed by atoms with van der Waals surface area (Å²) in [6.07, 6.45) is 3.15. The van der Waals surface area contributed by atoms with Crippen LogP contribution in [0.3, 0.4) is 0 Å². The standard InChI is InChI=1S/C8H7Cl2N5/c1-15-7(10)5(4-12-15)13-8-11-3-2-6(9)14-8/h2-4H,1H3,(H,11,13,14). The van der Waals surface area contributed by atoms with Crippen LogP contribution in [0.25, 0.3) is 0 Å². The molecule has 0 fully saturated rings. The Morgan fingerprint density at radius 2 is 2.20 bits per heavy atom. The molecular weight excluding hydrogens is 237 g/mol. The maximum atomic E-state index is 5.95. The van der Waals surface area contributed by atoms with Crippen LogP contribution < -0.4 is 5.32 Å². The maximum Gasteiger partial charge on any atom is 0.228 e. The van der Waals surface area contributed by atoms with Crippen molar-refractivity contribution in [2.75, 3.05) is 5.32 Å². The zero-order chi connectivity index (χ0) is 10.8. The largest absolute Gasteiger partial charge is 0.320 e. The molecular formula is C8H7Cl2N5. The van der Waals surface area contributed by atoms with Crippen LogP contribution in [0.5, 0.6) is 0 Å². The molecule has 0 aromatic carbocycles. The van der Waals surface area contributed by atoms with Gasteiger partial charge in [-0.25, -0.2) is 9.97 Å². The SMILES string of the molecule is Cn1ncc(Nc2nccc(Cl)n2)c1Cl. The van der Waals surface area contributed by atoms with E-state index in [2.05, 4.69) is 20.4 Å². The minimum absolute atomic E-state index is 0.368. The number of hydrogen-bond acceptors (Lipinski definition) is 4. The zero-order valence-corrected chi connectivity index (χ0v) is 9.29. The molecule has 7 heteroatoms. The van der Waals surface area contributed by atoms with Crippen molar-refractivity contribution in [3.05, 3.63) is 28.8 Å². The van der Waals surface area contributed by atoms with E-state index in [0.29, 0.717) is 21.9 Å². The Morgan fingerprint density at radius 1 is 1.40 bits per heavy atom. The van der Waals surface area contributed by atoms with Gasteiger partial charge in [0.15, 0.2) is 0 Å². The van der Waals surface area contributed by atoms with Crippen molar-refractivity contribution in [1.29, 1.82) is 0 Å². The van der Waals surface area contributed by atoms with Gasteiger partial charge < -0.3 is 5.32 Å². The summed E-state index contributed by atoms with van der Waals surface area (Å²) >= 11 is 11.7. The molecule has 0 spiro atoms. The molecule has 0 bridgehead atoms. The van der Waals surface area contributed by atoms with Crippen molar-refractivity contribution in [2.45, 2.75) is 0 Å². The minimum Gasteiger partial charge on any atom is -0.320 e. The number of halogens is 2. The van der Waals surface area contributed by atoms with Gasteiger partial charge in [-0.2, -0.15) is 5.10 Å². The molecule has 2 aromatic rings. The van der Waals surface area contributed by atoms with Gasteiger partial charge in [0.05, 0.1) is 11.9 Å². The Hall–Kier alpha value is -1.33. The Bertz CT molecular complexity index is 482. The summed E-state index contributed by atoms with van der Waals surface area (Å²) in [4.78, 5) is 7.95. The molecule has 78 valence electrons. The fraction of sp³-hybridized carbons (Fsp3) is 0.125. The van der Waals surface area contributed by atoms with Crippen molar-refractivity contribution in [3.8, 4) is 0 Å². The van der Waals surface area contributed by atoms with E-state index in [4.69, 9.17) is 23.2 Å². The highest BCUT2D eigenvalue weighted by molar-refractivity contribution is 6.32. The van der Waals surface area contributed by atoms with E-state index in [1.54, 1.807) is 25.5 Å². The van der Waals surface area contributed by atoms with Crippen molar-refractivity contribution < 1.29 is 0 Å². The number of aromatic nitrogens is 4. The first-order chi connectivity index (χ1) is 7.16. The van der Waals surface area contributed by atoms with E-state index in [-0.39, 0.29) is 0 Å². The number of anilines is 2. The average molecular weight is 244 g/mol.